The maximum atomic E-state index is 12.0. The average Bonchev–Trinajstić information content (AvgIpc) is 2.63. The molecule has 1 aliphatic heterocycles. The third-order valence-corrected chi connectivity index (χ3v) is 4.95. The van der Waals surface area contributed by atoms with Crippen molar-refractivity contribution in [2.24, 2.45) is 0 Å². The van der Waals surface area contributed by atoms with Crippen LogP contribution in [0.25, 0.3) is 6.08 Å². The van der Waals surface area contributed by atoms with Crippen LogP contribution in [0.15, 0.2) is 35.9 Å². The van der Waals surface area contributed by atoms with Crippen LogP contribution in [-0.2, 0) is 9.59 Å². The van der Waals surface area contributed by atoms with E-state index in [2.05, 4.69) is 17.9 Å². The van der Waals surface area contributed by atoms with E-state index < -0.39 is 10.2 Å². The van der Waals surface area contributed by atoms with Crippen molar-refractivity contribution >= 4 is 42.3 Å². The molecule has 0 aromatic heterocycles. The molecule has 4 nitrogen and oxygen atoms in total. The van der Waals surface area contributed by atoms with Gasteiger partial charge in [-0.2, -0.15) is 0 Å². The topological polar surface area (TPSA) is 66.4 Å². The van der Waals surface area contributed by atoms with E-state index in [0.29, 0.717) is 6.42 Å². The van der Waals surface area contributed by atoms with Crippen LogP contribution in [0.2, 0.25) is 0 Å². The molecule has 6 heteroatoms. The molecule has 1 fully saturated rings. The number of carboxylic acid groups (broad SMARTS) is 1. The van der Waals surface area contributed by atoms with Crippen molar-refractivity contribution in [2.75, 3.05) is 0 Å². The molecule has 0 saturated carbocycles. The van der Waals surface area contributed by atoms with E-state index in [1.807, 2.05) is 43.3 Å². The molecule has 1 saturated heterocycles. The van der Waals surface area contributed by atoms with Gasteiger partial charge in [-0.1, -0.05) is 42.0 Å². The van der Waals surface area contributed by atoms with Gasteiger partial charge >= 0.3 is 5.97 Å². The van der Waals surface area contributed by atoms with Gasteiger partial charge in [0.15, 0.2) is 0 Å². The summed E-state index contributed by atoms with van der Waals surface area (Å²) in [6, 6.07) is 9.87. The molecule has 0 spiro atoms. The summed E-state index contributed by atoms with van der Waals surface area (Å²) in [6.45, 7) is 1.97. The molecule has 0 radical (unpaired) electrons. The van der Waals surface area contributed by atoms with Crippen LogP contribution in [0.3, 0.4) is 0 Å². The van der Waals surface area contributed by atoms with Gasteiger partial charge in [-0.15, -0.1) is 24.4 Å². The zero-order valence-corrected chi connectivity index (χ0v) is 13.3. The van der Waals surface area contributed by atoms with Gasteiger partial charge in [0.25, 0.3) is 0 Å². The molecule has 1 aromatic carbocycles. The first-order chi connectivity index (χ1) is 9.88. The maximum Gasteiger partial charge on any atom is 0.307 e. The highest BCUT2D eigenvalue weighted by Crippen LogP contribution is 2.41. The Bertz CT molecular complexity index is 574. The molecule has 1 amide bonds. The standard InChI is InChI=1S/C15H17NO3S2/c1-10(7-11-5-3-2-4-6-11)8-12-14(19)16-15(20,21-12)9-13(17)18/h2-7,12,20H,8-9H2,1H3,(H,16,19)(H,17,18)/b10-7+. The number of allylic oxidation sites excluding steroid dienone is 1. The molecule has 2 rings (SSSR count). The third-order valence-electron chi connectivity index (χ3n) is 3.06. The van der Waals surface area contributed by atoms with Crippen molar-refractivity contribution in [3.8, 4) is 0 Å². The summed E-state index contributed by atoms with van der Waals surface area (Å²) in [5, 5.41) is 11.2. The first-order valence-electron chi connectivity index (χ1n) is 6.54. The number of thiol groups is 1. The second-order valence-electron chi connectivity index (χ2n) is 5.06. The Morgan fingerprint density at radius 1 is 1.48 bits per heavy atom. The zero-order chi connectivity index (χ0) is 15.5. The Hall–Kier alpha value is -1.40. The molecular weight excluding hydrogens is 306 g/mol. The number of carbonyl (C=O) groups excluding carboxylic acids is 1. The number of rotatable bonds is 5. The van der Waals surface area contributed by atoms with Gasteiger partial charge in [0.05, 0.1) is 11.7 Å². The van der Waals surface area contributed by atoms with Crippen molar-refractivity contribution in [3.63, 3.8) is 0 Å². The van der Waals surface area contributed by atoms with E-state index in [9.17, 15) is 9.59 Å². The van der Waals surface area contributed by atoms with Crippen molar-refractivity contribution in [3.05, 3.63) is 41.5 Å². The lowest BCUT2D eigenvalue weighted by Gasteiger charge is -2.19. The van der Waals surface area contributed by atoms with Gasteiger partial charge in [0, 0.05) is 0 Å². The number of amides is 1. The monoisotopic (exact) mass is 323 g/mol. The van der Waals surface area contributed by atoms with Crippen LogP contribution < -0.4 is 5.32 Å². The number of carbonyl (C=O) groups is 2. The third kappa shape index (κ3) is 4.54. The van der Waals surface area contributed by atoms with Crippen molar-refractivity contribution in [2.45, 2.75) is 29.2 Å². The van der Waals surface area contributed by atoms with Crippen LogP contribution >= 0.6 is 24.4 Å². The highest BCUT2D eigenvalue weighted by Gasteiger charge is 2.43. The molecule has 21 heavy (non-hydrogen) atoms. The fraction of sp³-hybridized carbons (Fsp3) is 0.333. The highest BCUT2D eigenvalue weighted by molar-refractivity contribution is 8.12. The second kappa shape index (κ2) is 6.58. The molecule has 0 aliphatic carbocycles. The molecule has 1 heterocycles. The van der Waals surface area contributed by atoms with E-state index in [0.717, 1.165) is 11.1 Å². The molecule has 2 N–H and O–H groups in total. The van der Waals surface area contributed by atoms with E-state index in [4.69, 9.17) is 5.11 Å². The number of thioether (sulfide) groups is 1. The Morgan fingerprint density at radius 2 is 2.14 bits per heavy atom. The summed E-state index contributed by atoms with van der Waals surface area (Å²) >= 11 is 5.56. The Kier molecular flexibility index (Phi) is 5.00. The predicted octanol–water partition coefficient (Wildman–Crippen LogP) is 2.77. The lowest BCUT2D eigenvalue weighted by Crippen LogP contribution is -2.36. The Labute approximate surface area is 133 Å². The van der Waals surface area contributed by atoms with Gasteiger partial charge in [0.2, 0.25) is 5.91 Å². The number of hydrogen-bond donors (Lipinski definition) is 3. The quantitative estimate of drug-likeness (QED) is 0.729. The predicted molar refractivity (Wildman–Crippen MR) is 88.2 cm³/mol. The van der Waals surface area contributed by atoms with Gasteiger partial charge in [-0.05, 0) is 18.9 Å². The van der Waals surface area contributed by atoms with Crippen LogP contribution in [0.4, 0.5) is 0 Å². The van der Waals surface area contributed by atoms with Gasteiger partial charge in [0.1, 0.15) is 4.20 Å². The Balaban J connectivity index is 2.02. The number of nitrogens with one attached hydrogen (secondary N) is 1. The summed E-state index contributed by atoms with van der Waals surface area (Å²) in [7, 11) is 0. The fourth-order valence-electron chi connectivity index (χ4n) is 2.20. The zero-order valence-electron chi connectivity index (χ0n) is 11.6. The maximum absolute atomic E-state index is 12.0. The van der Waals surface area contributed by atoms with Gasteiger partial charge in [-0.25, -0.2) is 0 Å². The smallest absolute Gasteiger partial charge is 0.307 e. The minimum atomic E-state index is -1.01. The van der Waals surface area contributed by atoms with Crippen molar-refractivity contribution in [1.29, 1.82) is 0 Å². The van der Waals surface area contributed by atoms with E-state index in [-0.39, 0.29) is 17.6 Å². The van der Waals surface area contributed by atoms with Crippen LogP contribution in [0.5, 0.6) is 0 Å². The summed E-state index contributed by atoms with van der Waals surface area (Å²) in [5.74, 6) is -1.13. The van der Waals surface area contributed by atoms with Crippen molar-refractivity contribution < 1.29 is 14.7 Å². The highest BCUT2D eigenvalue weighted by atomic mass is 32.2. The van der Waals surface area contributed by atoms with Gasteiger partial charge in [-0.3, -0.25) is 9.59 Å². The first-order valence-corrected chi connectivity index (χ1v) is 7.87. The molecule has 112 valence electrons. The van der Waals surface area contributed by atoms with E-state index >= 15 is 0 Å². The average molecular weight is 323 g/mol. The largest absolute Gasteiger partial charge is 0.481 e. The van der Waals surface area contributed by atoms with E-state index in [1.165, 1.54) is 11.8 Å². The number of benzene rings is 1. The number of hydrogen-bond acceptors (Lipinski definition) is 4. The number of carboxylic acids is 1. The van der Waals surface area contributed by atoms with Crippen LogP contribution in [0.1, 0.15) is 25.3 Å². The van der Waals surface area contributed by atoms with E-state index in [1.54, 1.807) is 0 Å². The lowest BCUT2D eigenvalue weighted by molar-refractivity contribution is -0.137. The number of aliphatic carboxylic acids is 1. The summed E-state index contributed by atoms with van der Waals surface area (Å²) in [6.07, 6.45) is 2.40. The summed E-state index contributed by atoms with van der Waals surface area (Å²) < 4.78 is -1.01. The minimum absolute atomic E-state index is 0.155. The molecule has 2 atom stereocenters. The second-order valence-corrected chi connectivity index (χ2v) is 7.62. The van der Waals surface area contributed by atoms with Crippen LogP contribution in [-0.4, -0.2) is 26.4 Å². The summed E-state index contributed by atoms with van der Waals surface area (Å²) in [5.41, 5.74) is 2.16. The molecule has 1 aliphatic rings. The normalized spacial score (nSPS) is 25.7. The SMILES string of the molecule is C/C(=C\c1ccccc1)CC1SC(S)(CC(=O)O)NC1=O. The molecule has 2 unspecified atom stereocenters. The van der Waals surface area contributed by atoms with Crippen molar-refractivity contribution in [1.82, 2.24) is 5.32 Å². The van der Waals surface area contributed by atoms with Gasteiger partial charge < -0.3 is 10.4 Å². The summed E-state index contributed by atoms with van der Waals surface area (Å²) in [4.78, 5) is 22.8. The fourth-order valence-corrected chi connectivity index (χ4v) is 4.18. The first kappa shape index (κ1) is 16.0. The lowest BCUT2D eigenvalue weighted by atomic mass is 10.1. The molecule has 1 aromatic rings. The Morgan fingerprint density at radius 3 is 2.76 bits per heavy atom. The van der Waals surface area contributed by atoms with Crippen LogP contribution in [0, 0.1) is 0 Å². The molecule has 0 bridgehead atoms. The minimum Gasteiger partial charge on any atom is -0.481 e. The molecular formula is C15H17NO3S2.